The Morgan fingerprint density at radius 3 is 3.35 bits per heavy atom. The molecule has 2 N–H and O–H groups in total. The summed E-state index contributed by atoms with van der Waals surface area (Å²) in [7, 11) is 0. The highest BCUT2D eigenvalue weighted by Gasteiger charge is 2.14. The van der Waals surface area contributed by atoms with Gasteiger partial charge in [-0.3, -0.25) is 4.79 Å². The molecule has 0 spiro atoms. The Morgan fingerprint density at radius 1 is 1.71 bits per heavy atom. The van der Waals surface area contributed by atoms with Crippen LogP contribution in [0.15, 0.2) is 15.2 Å². The molecule has 1 atom stereocenters. The third-order valence-corrected chi connectivity index (χ3v) is 4.05. The maximum Gasteiger partial charge on any atom is 0.252 e. The lowest BCUT2D eigenvalue weighted by Gasteiger charge is -2.15. The van der Waals surface area contributed by atoms with E-state index in [9.17, 15) is 4.79 Å². The molecule has 1 aromatic heterocycles. The van der Waals surface area contributed by atoms with Crippen LogP contribution >= 0.6 is 27.3 Å². The molecule has 0 aromatic carbocycles. The number of amides is 1. The number of hydrogen-bond donors (Lipinski definition) is 2. The largest absolute Gasteiger partial charge is 0.375 e. The van der Waals surface area contributed by atoms with Crippen LogP contribution < -0.4 is 10.6 Å². The molecule has 1 saturated heterocycles. The van der Waals surface area contributed by atoms with Gasteiger partial charge in [0.15, 0.2) is 0 Å². The van der Waals surface area contributed by atoms with E-state index in [0.29, 0.717) is 12.1 Å². The lowest BCUT2D eigenvalue weighted by molar-refractivity contribution is 0.0626. The number of hydrogen-bond acceptors (Lipinski definition) is 4. The number of thiophene rings is 1. The molecule has 0 bridgehead atoms. The molecule has 1 aromatic rings. The molecule has 2 rings (SSSR count). The summed E-state index contributed by atoms with van der Waals surface area (Å²) in [6.45, 7) is 3.10. The van der Waals surface area contributed by atoms with Crippen LogP contribution in [0.4, 0.5) is 0 Å². The average molecular weight is 319 g/mol. The third-order valence-electron chi connectivity index (χ3n) is 2.54. The lowest BCUT2D eigenvalue weighted by Crippen LogP contribution is -2.38. The fourth-order valence-corrected chi connectivity index (χ4v) is 2.77. The molecule has 2 heterocycles. The van der Waals surface area contributed by atoms with Gasteiger partial charge in [0.2, 0.25) is 0 Å². The van der Waals surface area contributed by atoms with E-state index in [4.69, 9.17) is 4.74 Å². The molecule has 1 aliphatic rings. The monoisotopic (exact) mass is 318 g/mol. The van der Waals surface area contributed by atoms with E-state index in [1.807, 2.05) is 11.4 Å². The smallest absolute Gasteiger partial charge is 0.252 e. The van der Waals surface area contributed by atoms with Gasteiger partial charge < -0.3 is 15.4 Å². The number of nitrogens with one attached hydrogen (secondary N) is 2. The summed E-state index contributed by atoms with van der Waals surface area (Å²) < 4.78 is 6.58. The van der Waals surface area contributed by atoms with Gasteiger partial charge in [-0.05, 0) is 35.0 Å². The molecule has 1 fully saturated rings. The van der Waals surface area contributed by atoms with Crippen molar-refractivity contribution in [3.63, 3.8) is 0 Å². The average Bonchev–Trinajstić information content (AvgIpc) is 2.61. The Bertz CT molecular complexity index is 375. The van der Waals surface area contributed by atoms with Crippen LogP contribution in [0.5, 0.6) is 0 Å². The zero-order chi connectivity index (χ0) is 12.1. The second kappa shape index (κ2) is 6.49. The second-order valence-electron chi connectivity index (χ2n) is 3.90. The quantitative estimate of drug-likeness (QED) is 0.890. The highest BCUT2D eigenvalue weighted by Crippen LogP contribution is 2.20. The highest BCUT2D eigenvalue weighted by molar-refractivity contribution is 9.11. The van der Waals surface area contributed by atoms with Crippen LogP contribution in [-0.4, -0.2) is 38.3 Å². The summed E-state index contributed by atoms with van der Waals surface area (Å²) in [4.78, 5) is 11.8. The van der Waals surface area contributed by atoms with Crippen molar-refractivity contribution in [3.8, 4) is 0 Å². The van der Waals surface area contributed by atoms with Gasteiger partial charge in [-0.25, -0.2) is 0 Å². The molecule has 0 aliphatic carbocycles. The topological polar surface area (TPSA) is 50.4 Å². The van der Waals surface area contributed by atoms with Gasteiger partial charge in [0, 0.05) is 25.1 Å². The van der Waals surface area contributed by atoms with Gasteiger partial charge in [-0.1, -0.05) is 0 Å². The molecule has 17 heavy (non-hydrogen) atoms. The molecule has 0 saturated carbocycles. The minimum absolute atomic E-state index is 0.0419. The van der Waals surface area contributed by atoms with Crippen molar-refractivity contribution in [2.24, 2.45) is 0 Å². The van der Waals surface area contributed by atoms with Crippen LogP contribution in [0, 0.1) is 0 Å². The number of rotatable bonds is 3. The van der Waals surface area contributed by atoms with Gasteiger partial charge in [0.1, 0.15) is 0 Å². The summed E-state index contributed by atoms with van der Waals surface area (Å²) in [5, 5.41) is 8.01. The van der Waals surface area contributed by atoms with E-state index < -0.39 is 0 Å². The predicted molar refractivity (Wildman–Crippen MR) is 71.6 cm³/mol. The summed E-state index contributed by atoms with van der Waals surface area (Å²) in [6.07, 6.45) is 1.10. The predicted octanol–water partition coefficient (Wildman–Crippen LogP) is 1.62. The van der Waals surface area contributed by atoms with Gasteiger partial charge in [0.25, 0.3) is 5.91 Å². The Hall–Kier alpha value is -0.430. The minimum Gasteiger partial charge on any atom is -0.375 e. The van der Waals surface area contributed by atoms with Gasteiger partial charge >= 0.3 is 0 Å². The second-order valence-corrected chi connectivity index (χ2v) is 6.19. The first-order valence-electron chi connectivity index (χ1n) is 5.60. The minimum atomic E-state index is -0.0419. The van der Waals surface area contributed by atoms with Crippen molar-refractivity contribution in [1.82, 2.24) is 10.6 Å². The molecule has 94 valence electrons. The zero-order valence-corrected chi connectivity index (χ0v) is 11.8. The van der Waals surface area contributed by atoms with Crippen LogP contribution in [0.2, 0.25) is 0 Å². The molecule has 0 radical (unpaired) electrons. The molecular formula is C11H15BrN2O2S. The molecule has 1 aliphatic heterocycles. The molecule has 4 nitrogen and oxygen atoms in total. The maximum atomic E-state index is 11.8. The van der Waals surface area contributed by atoms with Gasteiger partial charge in [-0.15, -0.1) is 11.3 Å². The van der Waals surface area contributed by atoms with E-state index in [1.54, 1.807) is 0 Å². The molecule has 1 unspecified atom stereocenters. The van der Waals surface area contributed by atoms with Crippen LogP contribution in [0.1, 0.15) is 16.8 Å². The Balaban J connectivity index is 1.79. The number of carbonyl (C=O) groups is 1. The fraction of sp³-hybridized carbons (Fsp3) is 0.545. The summed E-state index contributed by atoms with van der Waals surface area (Å²) in [6, 6.07) is 1.83. The van der Waals surface area contributed by atoms with Crippen molar-refractivity contribution in [2.45, 2.75) is 12.5 Å². The summed E-state index contributed by atoms with van der Waals surface area (Å²) in [5.74, 6) is -0.0419. The first-order chi connectivity index (χ1) is 8.25. The first kappa shape index (κ1) is 13.0. The highest BCUT2D eigenvalue weighted by atomic mass is 79.9. The van der Waals surface area contributed by atoms with E-state index in [0.717, 1.165) is 29.9 Å². The zero-order valence-electron chi connectivity index (χ0n) is 9.37. The first-order valence-corrected chi connectivity index (χ1v) is 7.27. The van der Waals surface area contributed by atoms with Crippen molar-refractivity contribution in [2.75, 3.05) is 26.2 Å². The van der Waals surface area contributed by atoms with Crippen LogP contribution in [0.25, 0.3) is 0 Å². The maximum absolute atomic E-state index is 11.8. The van der Waals surface area contributed by atoms with Crippen molar-refractivity contribution < 1.29 is 9.53 Å². The van der Waals surface area contributed by atoms with Crippen LogP contribution in [-0.2, 0) is 4.74 Å². The van der Waals surface area contributed by atoms with Gasteiger partial charge in [0.05, 0.1) is 15.5 Å². The summed E-state index contributed by atoms with van der Waals surface area (Å²) >= 11 is 4.85. The van der Waals surface area contributed by atoms with E-state index in [2.05, 4.69) is 26.6 Å². The Morgan fingerprint density at radius 2 is 2.59 bits per heavy atom. The fourth-order valence-electron chi connectivity index (χ4n) is 1.64. The van der Waals surface area contributed by atoms with Crippen molar-refractivity contribution >= 4 is 33.2 Å². The van der Waals surface area contributed by atoms with E-state index in [-0.39, 0.29) is 12.0 Å². The number of halogens is 1. The standard InChI is InChI=1S/C11H15BrN2O2S/c12-10-4-8(7-17-10)11(15)14-6-9-5-13-2-1-3-16-9/h4,7,9,13H,1-3,5-6H2,(H,14,15). The molecule has 1 amide bonds. The normalized spacial score (nSPS) is 20.9. The van der Waals surface area contributed by atoms with Gasteiger partial charge in [-0.2, -0.15) is 0 Å². The van der Waals surface area contributed by atoms with Crippen LogP contribution in [0.3, 0.4) is 0 Å². The van der Waals surface area contributed by atoms with E-state index >= 15 is 0 Å². The molecular weight excluding hydrogens is 304 g/mol. The summed E-state index contributed by atoms with van der Waals surface area (Å²) in [5.41, 5.74) is 0.698. The van der Waals surface area contributed by atoms with Crippen molar-refractivity contribution in [3.05, 3.63) is 20.8 Å². The third kappa shape index (κ3) is 4.06. The SMILES string of the molecule is O=C(NCC1CNCCCO1)c1csc(Br)c1. The Kier molecular flexibility index (Phi) is 4.97. The number of carbonyl (C=O) groups excluding carboxylic acids is 1. The molecule has 6 heteroatoms. The van der Waals surface area contributed by atoms with Crippen molar-refractivity contribution in [1.29, 1.82) is 0 Å². The number of ether oxygens (including phenoxy) is 1. The Labute approximate surface area is 113 Å². The lowest BCUT2D eigenvalue weighted by atomic mass is 10.3. The van der Waals surface area contributed by atoms with E-state index in [1.165, 1.54) is 11.3 Å².